The predicted molar refractivity (Wildman–Crippen MR) is 112 cm³/mol. The topological polar surface area (TPSA) is 72.9 Å². The molecule has 1 aliphatic heterocycles. The van der Waals surface area contributed by atoms with Crippen molar-refractivity contribution in [1.29, 1.82) is 0 Å². The van der Waals surface area contributed by atoms with Crippen LogP contribution >= 0.6 is 0 Å². The summed E-state index contributed by atoms with van der Waals surface area (Å²) >= 11 is 0. The summed E-state index contributed by atoms with van der Waals surface area (Å²) < 4.78 is 16.8. The number of fused-ring (bicyclic) bond motifs is 2. The van der Waals surface area contributed by atoms with E-state index in [4.69, 9.17) is 13.6 Å². The van der Waals surface area contributed by atoms with Gasteiger partial charge in [0.15, 0.2) is 0 Å². The van der Waals surface area contributed by atoms with Crippen LogP contribution in [0.25, 0.3) is 21.9 Å². The van der Waals surface area contributed by atoms with Gasteiger partial charge in [-0.25, -0.2) is 4.79 Å². The molecule has 3 aromatic rings. The Bertz CT molecular complexity index is 1160. The Balaban J connectivity index is 1.86. The van der Waals surface area contributed by atoms with Crippen LogP contribution in [0.5, 0.6) is 0 Å². The first kappa shape index (κ1) is 19.7. The molecule has 0 aliphatic carbocycles. The molecule has 0 atom stereocenters. The SMILES string of the molecule is Cc1c(CC(=O)N2CCOCC2)c(=O)oc2c(C)c3occ(C(C)(C)C)c3cc12. The van der Waals surface area contributed by atoms with Gasteiger partial charge in [-0.05, 0) is 30.9 Å². The molecule has 29 heavy (non-hydrogen) atoms. The lowest BCUT2D eigenvalue weighted by Gasteiger charge is -2.27. The summed E-state index contributed by atoms with van der Waals surface area (Å²) in [5, 5.41) is 1.87. The zero-order chi connectivity index (χ0) is 20.9. The van der Waals surface area contributed by atoms with Crippen molar-refractivity contribution in [2.75, 3.05) is 26.3 Å². The molecular weight excluding hydrogens is 370 g/mol. The predicted octanol–water partition coefficient (Wildman–Crippen LogP) is 3.85. The maximum atomic E-state index is 12.7. The van der Waals surface area contributed by atoms with Crippen LogP contribution in [0.15, 0.2) is 26.0 Å². The molecule has 6 heteroatoms. The molecular formula is C23H27NO5. The van der Waals surface area contributed by atoms with Crippen LogP contribution in [0, 0.1) is 13.8 Å². The normalized spacial score (nSPS) is 15.4. The van der Waals surface area contributed by atoms with E-state index in [2.05, 4.69) is 20.8 Å². The molecule has 1 aromatic carbocycles. The first-order valence-corrected chi connectivity index (χ1v) is 10.0. The van der Waals surface area contributed by atoms with Crippen molar-refractivity contribution in [1.82, 2.24) is 4.90 Å². The van der Waals surface area contributed by atoms with Gasteiger partial charge in [-0.15, -0.1) is 0 Å². The summed E-state index contributed by atoms with van der Waals surface area (Å²) in [6, 6.07) is 2.03. The van der Waals surface area contributed by atoms with E-state index >= 15 is 0 Å². The van der Waals surface area contributed by atoms with Crippen molar-refractivity contribution in [2.24, 2.45) is 0 Å². The molecule has 1 aliphatic rings. The molecule has 4 rings (SSSR count). The third-order valence-electron chi connectivity index (χ3n) is 5.84. The number of amides is 1. The Kier molecular flexibility index (Phi) is 4.77. The number of hydrogen-bond acceptors (Lipinski definition) is 5. The lowest BCUT2D eigenvalue weighted by Crippen LogP contribution is -2.42. The highest BCUT2D eigenvalue weighted by Gasteiger charge is 2.25. The quantitative estimate of drug-likeness (QED) is 0.614. The number of ether oxygens (including phenoxy) is 1. The molecule has 0 N–H and O–H groups in total. The van der Waals surface area contributed by atoms with Crippen LogP contribution in [0.2, 0.25) is 0 Å². The van der Waals surface area contributed by atoms with E-state index in [0.29, 0.717) is 37.4 Å². The Labute approximate surface area is 169 Å². The van der Waals surface area contributed by atoms with Crippen molar-refractivity contribution in [3.8, 4) is 0 Å². The third kappa shape index (κ3) is 3.35. The fourth-order valence-electron chi connectivity index (χ4n) is 4.06. The number of benzene rings is 1. The van der Waals surface area contributed by atoms with Gasteiger partial charge in [0.25, 0.3) is 0 Å². The summed E-state index contributed by atoms with van der Waals surface area (Å²) in [6.45, 7) is 12.4. The fraction of sp³-hybridized carbons (Fsp3) is 0.478. The fourth-order valence-corrected chi connectivity index (χ4v) is 4.06. The molecule has 0 spiro atoms. The lowest BCUT2D eigenvalue weighted by atomic mass is 9.86. The van der Waals surface area contributed by atoms with Gasteiger partial charge in [-0.1, -0.05) is 20.8 Å². The van der Waals surface area contributed by atoms with E-state index < -0.39 is 5.63 Å². The van der Waals surface area contributed by atoms with Crippen LogP contribution in [0.1, 0.15) is 43.0 Å². The minimum atomic E-state index is -0.457. The molecule has 154 valence electrons. The van der Waals surface area contributed by atoms with Crippen LogP contribution < -0.4 is 5.63 Å². The number of hydrogen-bond donors (Lipinski definition) is 0. The third-order valence-corrected chi connectivity index (χ3v) is 5.84. The number of aryl methyl sites for hydroxylation is 2. The summed E-state index contributed by atoms with van der Waals surface area (Å²) in [7, 11) is 0. The first-order valence-electron chi connectivity index (χ1n) is 10.0. The van der Waals surface area contributed by atoms with Gasteiger partial charge in [0.2, 0.25) is 5.91 Å². The number of morpholine rings is 1. The van der Waals surface area contributed by atoms with Gasteiger partial charge < -0.3 is 18.5 Å². The van der Waals surface area contributed by atoms with Crippen LogP contribution in [-0.4, -0.2) is 37.1 Å². The lowest BCUT2D eigenvalue weighted by molar-refractivity contribution is -0.134. The Morgan fingerprint density at radius 1 is 1.07 bits per heavy atom. The van der Waals surface area contributed by atoms with Gasteiger partial charge in [-0.3, -0.25) is 4.79 Å². The Morgan fingerprint density at radius 3 is 2.41 bits per heavy atom. The summed E-state index contributed by atoms with van der Waals surface area (Å²) in [4.78, 5) is 27.2. The highest BCUT2D eigenvalue weighted by Crippen LogP contribution is 2.37. The van der Waals surface area contributed by atoms with Gasteiger partial charge in [-0.2, -0.15) is 0 Å². The molecule has 2 aromatic heterocycles. The van der Waals surface area contributed by atoms with Crippen LogP contribution in [0.4, 0.5) is 0 Å². The van der Waals surface area contributed by atoms with Crippen molar-refractivity contribution in [3.05, 3.63) is 45.0 Å². The van der Waals surface area contributed by atoms with E-state index in [1.54, 1.807) is 11.2 Å². The average molecular weight is 397 g/mol. The van der Waals surface area contributed by atoms with Crippen molar-refractivity contribution < 1.29 is 18.4 Å². The van der Waals surface area contributed by atoms with Crippen molar-refractivity contribution in [2.45, 2.75) is 46.5 Å². The van der Waals surface area contributed by atoms with Gasteiger partial charge in [0.1, 0.15) is 11.2 Å². The largest absolute Gasteiger partial charge is 0.464 e. The number of carbonyl (C=O) groups is 1. The smallest absolute Gasteiger partial charge is 0.340 e. The number of rotatable bonds is 2. The molecule has 0 radical (unpaired) electrons. The zero-order valence-corrected chi connectivity index (χ0v) is 17.7. The first-order chi connectivity index (χ1) is 13.7. The summed E-state index contributed by atoms with van der Waals surface area (Å²) in [5.74, 6) is -0.0699. The average Bonchev–Trinajstić information content (AvgIpc) is 3.11. The number of carbonyl (C=O) groups excluding carboxylic acids is 1. The molecule has 0 unspecified atom stereocenters. The second kappa shape index (κ2) is 7.02. The van der Waals surface area contributed by atoms with Crippen molar-refractivity contribution in [3.63, 3.8) is 0 Å². The minimum Gasteiger partial charge on any atom is -0.464 e. The van der Waals surface area contributed by atoms with E-state index in [1.165, 1.54) is 0 Å². The van der Waals surface area contributed by atoms with Gasteiger partial charge in [0.05, 0.1) is 31.5 Å². The maximum Gasteiger partial charge on any atom is 0.340 e. The van der Waals surface area contributed by atoms with Crippen LogP contribution in [0.3, 0.4) is 0 Å². The standard InChI is InChI=1S/C23H27NO5/c1-13-15-10-17-18(23(3,4)5)12-28-20(17)14(2)21(15)29-22(26)16(13)11-19(25)24-6-8-27-9-7-24/h10,12H,6-9,11H2,1-5H3. The van der Waals surface area contributed by atoms with E-state index in [1.807, 2.05) is 19.9 Å². The molecule has 0 saturated carbocycles. The maximum absolute atomic E-state index is 12.7. The zero-order valence-electron chi connectivity index (χ0n) is 17.7. The molecule has 1 amide bonds. The van der Waals surface area contributed by atoms with E-state index in [-0.39, 0.29) is 17.7 Å². The summed E-state index contributed by atoms with van der Waals surface area (Å²) in [6.07, 6.45) is 1.82. The molecule has 6 nitrogen and oxygen atoms in total. The minimum absolute atomic E-state index is 0.0404. The molecule has 0 bridgehead atoms. The van der Waals surface area contributed by atoms with Crippen molar-refractivity contribution >= 4 is 27.8 Å². The Hall–Kier alpha value is -2.60. The number of nitrogens with zero attached hydrogens (tertiary/aromatic N) is 1. The van der Waals surface area contributed by atoms with E-state index in [9.17, 15) is 9.59 Å². The highest BCUT2D eigenvalue weighted by atomic mass is 16.5. The Morgan fingerprint density at radius 2 is 1.76 bits per heavy atom. The second-order valence-corrected chi connectivity index (χ2v) is 8.82. The summed E-state index contributed by atoms with van der Waals surface area (Å²) in [5.41, 5.74) is 3.86. The van der Waals surface area contributed by atoms with E-state index in [0.717, 1.165) is 33.0 Å². The molecule has 3 heterocycles. The highest BCUT2D eigenvalue weighted by molar-refractivity contribution is 6.00. The number of furan rings is 1. The molecule has 1 saturated heterocycles. The van der Waals surface area contributed by atoms with Gasteiger partial charge >= 0.3 is 5.63 Å². The van der Waals surface area contributed by atoms with Crippen LogP contribution in [-0.2, 0) is 21.4 Å². The second-order valence-electron chi connectivity index (χ2n) is 8.82. The van der Waals surface area contributed by atoms with Gasteiger partial charge in [0, 0.05) is 35.0 Å². The monoisotopic (exact) mass is 397 g/mol. The molecule has 1 fully saturated rings.